The van der Waals surface area contributed by atoms with Gasteiger partial charge >= 0.3 is 0 Å². The smallest absolute Gasteiger partial charge is 0.204 e. The van der Waals surface area contributed by atoms with Crippen LogP contribution in [0.15, 0.2) is 42.5 Å². The van der Waals surface area contributed by atoms with Crippen molar-refractivity contribution < 1.29 is 4.79 Å². The summed E-state index contributed by atoms with van der Waals surface area (Å²) in [5.74, 6) is 1.03. The first-order valence-electron chi connectivity index (χ1n) is 6.75. The summed E-state index contributed by atoms with van der Waals surface area (Å²) in [6.07, 6.45) is 0.250. The van der Waals surface area contributed by atoms with E-state index in [1.165, 1.54) is 22.3 Å². The fourth-order valence-corrected chi connectivity index (χ4v) is 2.38. The Labute approximate surface area is 124 Å². The summed E-state index contributed by atoms with van der Waals surface area (Å²) in [4.78, 5) is 13.3. The second-order valence-electron chi connectivity index (χ2n) is 4.91. The number of aryl methyl sites for hydroxylation is 3. The molecule has 2 aromatic carbocycles. The van der Waals surface area contributed by atoms with Gasteiger partial charge in [-0.25, -0.2) is 4.98 Å². The third-order valence-corrected chi connectivity index (χ3v) is 3.35. The number of hydrogen-bond acceptors (Lipinski definition) is 2. The van der Waals surface area contributed by atoms with Crippen LogP contribution in [0.4, 0.5) is 0 Å². The molecule has 3 rings (SSSR count). The lowest BCUT2D eigenvalue weighted by Crippen LogP contribution is -1.96. The Morgan fingerprint density at radius 3 is 2.29 bits per heavy atom. The number of amides is 1. The summed E-state index contributed by atoms with van der Waals surface area (Å²) in [6, 6.07) is 14.9. The SMILES string of the molecule is Cc1ccc(-n2c(C)nc3c(C)cccc32)cc1.NC=O. The molecule has 4 heteroatoms. The van der Waals surface area contributed by atoms with Gasteiger partial charge < -0.3 is 5.73 Å². The van der Waals surface area contributed by atoms with E-state index in [1.807, 2.05) is 0 Å². The lowest BCUT2D eigenvalue weighted by Gasteiger charge is -2.07. The molecule has 0 bridgehead atoms. The highest BCUT2D eigenvalue weighted by atomic mass is 16.1. The molecule has 1 amide bonds. The minimum Gasteiger partial charge on any atom is -0.372 e. The second kappa shape index (κ2) is 6.22. The van der Waals surface area contributed by atoms with Crippen molar-refractivity contribution in [2.24, 2.45) is 5.73 Å². The highest BCUT2D eigenvalue weighted by molar-refractivity contribution is 5.81. The number of carbonyl (C=O) groups is 1. The van der Waals surface area contributed by atoms with Gasteiger partial charge in [0.2, 0.25) is 6.41 Å². The van der Waals surface area contributed by atoms with Crippen LogP contribution in [-0.2, 0) is 4.79 Å². The van der Waals surface area contributed by atoms with Crippen LogP contribution >= 0.6 is 0 Å². The maximum absolute atomic E-state index is 8.58. The minimum absolute atomic E-state index is 0.250. The predicted molar refractivity (Wildman–Crippen MR) is 85.5 cm³/mol. The van der Waals surface area contributed by atoms with Crippen LogP contribution in [0.25, 0.3) is 16.7 Å². The molecule has 2 N–H and O–H groups in total. The highest BCUT2D eigenvalue weighted by Gasteiger charge is 2.10. The summed E-state index contributed by atoms with van der Waals surface area (Å²) < 4.78 is 2.21. The van der Waals surface area contributed by atoms with Crippen molar-refractivity contribution in [3.05, 3.63) is 59.4 Å². The number of carbonyl (C=O) groups excluding carboxylic acids is 1. The summed E-state index contributed by atoms with van der Waals surface area (Å²) in [7, 11) is 0. The van der Waals surface area contributed by atoms with Gasteiger partial charge in [0.05, 0.1) is 11.0 Å². The molecule has 3 aromatic rings. The molecule has 0 aliphatic rings. The molecule has 4 nitrogen and oxygen atoms in total. The van der Waals surface area contributed by atoms with Crippen LogP contribution < -0.4 is 5.73 Å². The van der Waals surface area contributed by atoms with Crippen LogP contribution in [0.1, 0.15) is 17.0 Å². The number of rotatable bonds is 1. The summed E-state index contributed by atoms with van der Waals surface area (Å²) in [5, 5.41) is 0. The molecule has 0 spiro atoms. The Balaban J connectivity index is 0.000000497. The molecular weight excluding hydrogens is 262 g/mol. The highest BCUT2D eigenvalue weighted by Crippen LogP contribution is 2.23. The molecule has 0 aliphatic carbocycles. The third kappa shape index (κ3) is 2.94. The van der Waals surface area contributed by atoms with Crippen LogP contribution in [0.5, 0.6) is 0 Å². The topological polar surface area (TPSA) is 60.9 Å². The Kier molecular flexibility index (Phi) is 4.38. The Morgan fingerprint density at radius 2 is 1.67 bits per heavy atom. The zero-order chi connectivity index (χ0) is 15.4. The third-order valence-electron chi connectivity index (χ3n) is 3.35. The summed E-state index contributed by atoms with van der Waals surface area (Å²) in [5.41, 5.74) is 10.1. The molecule has 0 aliphatic heterocycles. The maximum Gasteiger partial charge on any atom is 0.204 e. The fourth-order valence-electron chi connectivity index (χ4n) is 2.38. The lowest BCUT2D eigenvalue weighted by atomic mass is 10.2. The number of nitrogens with two attached hydrogens (primary N) is 1. The molecule has 1 heterocycles. The molecule has 21 heavy (non-hydrogen) atoms. The quantitative estimate of drug-likeness (QED) is 0.697. The van der Waals surface area contributed by atoms with E-state index in [1.54, 1.807) is 0 Å². The average Bonchev–Trinajstić information content (AvgIpc) is 2.79. The number of hydrogen-bond donors (Lipinski definition) is 1. The van der Waals surface area contributed by atoms with Crippen molar-refractivity contribution in [3.8, 4) is 5.69 Å². The van der Waals surface area contributed by atoms with Gasteiger partial charge in [-0.2, -0.15) is 0 Å². The Hall–Kier alpha value is -2.62. The standard InChI is InChI=1S/C16H16N2.CH3NO/c1-11-7-9-14(10-8-11)18-13(3)17-16-12(2)5-4-6-15(16)18;2-1-3/h4-10H,1-3H3;1H,(H2,2,3). The first-order valence-corrected chi connectivity index (χ1v) is 6.75. The predicted octanol–water partition coefficient (Wildman–Crippen LogP) is 3.05. The minimum atomic E-state index is 0.250. The molecule has 0 unspecified atom stereocenters. The summed E-state index contributed by atoms with van der Waals surface area (Å²) in [6.45, 7) is 6.26. The van der Waals surface area contributed by atoms with Gasteiger partial charge in [-0.15, -0.1) is 0 Å². The van der Waals surface area contributed by atoms with Gasteiger partial charge in [0.1, 0.15) is 5.82 Å². The van der Waals surface area contributed by atoms with E-state index < -0.39 is 0 Å². The number of fused-ring (bicyclic) bond motifs is 1. The monoisotopic (exact) mass is 281 g/mol. The Morgan fingerprint density at radius 1 is 1.05 bits per heavy atom. The number of primary amides is 1. The van der Waals surface area contributed by atoms with Gasteiger partial charge in [-0.1, -0.05) is 29.8 Å². The number of para-hydroxylation sites is 1. The lowest BCUT2D eigenvalue weighted by molar-refractivity contribution is -0.106. The molecule has 1 aromatic heterocycles. The van der Waals surface area contributed by atoms with Gasteiger partial charge in [-0.05, 0) is 44.5 Å². The zero-order valence-corrected chi connectivity index (χ0v) is 12.5. The fraction of sp³-hybridized carbons (Fsp3) is 0.176. The van der Waals surface area contributed by atoms with E-state index in [4.69, 9.17) is 4.79 Å². The number of imidazole rings is 1. The van der Waals surface area contributed by atoms with Gasteiger partial charge in [0.25, 0.3) is 0 Å². The zero-order valence-electron chi connectivity index (χ0n) is 12.5. The Bertz CT molecular complexity index is 758. The summed E-state index contributed by atoms with van der Waals surface area (Å²) >= 11 is 0. The molecular formula is C17H19N3O. The van der Waals surface area contributed by atoms with E-state index in [0.29, 0.717) is 0 Å². The first kappa shape index (κ1) is 14.8. The molecule has 0 atom stereocenters. The first-order chi connectivity index (χ1) is 10.1. The van der Waals surface area contributed by atoms with Gasteiger partial charge in [0, 0.05) is 5.69 Å². The van der Waals surface area contributed by atoms with Crippen LogP contribution in [0, 0.1) is 20.8 Å². The van der Waals surface area contributed by atoms with Crippen LogP contribution in [0.2, 0.25) is 0 Å². The van der Waals surface area contributed by atoms with Crippen molar-refractivity contribution >= 4 is 17.4 Å². The number of benzene rings is 2. The van der Waals surface area contributed by atoms with E-state index in [2.05, 4.69) is 78.5 Å². The van der Waals surface area contributed by atoms with Crippen molar-refractivity contribution in [1.82, 2.24) is 9.55 Å². The molecule has 0 radical (unpaired) electrons. The van der Waals surface area contributed by atoms with Gasteiger partial charge in [-0.3, -0.25) is 9.36 Å². The van der Waals surface area contributed by atoms with Crippen molar-refractivity contribution in [3.63, 3.8) is 0 Å². The molecule has 0 saturated carbocycles. The van der Waals surface area contributed by atoms with Gasteiger partial charge in [0.15, 0.2) is 0 Å². The van der Waals surface area contributed by atoms with E-state index in [9.17, 15) is 0 Å². The second-order valence-corrected chi connectivity index (χ2v) is 4.91. The van der Waals surface area contributed by atoms with E-state index >= 15 is 0 Å². The molecule has 108 valence electrons. The van der Waals surface area contributed by atoms with Crippen LogP contribution in [-0.4, -0.2) is 16.0 Å². The largest absolute Gasteiger partial charge is 0.372 e. The van der Waals surface area contributed by atoms with Crippen molar-refractivity contribution in [2.45, 2.75) is 20.8 Å². The average molecular weight is 281 g/mol. The number of aromatic nitrogens is 2. The molecule has 0 saturated heterocycles. The van der Waals surface area contributed by atoms with Crippen molar-refractivity contribution in [2.75, 3.05) is 0 Å². The number of nitrogens with zero attached hydrogens (tertiary/aromatic N) is 2. The molecule has 0 fully saturated rings. The van der Waals surface area contributed by atoms with E-state index in [-0.39, 0.29) is 6.41 Å². The van der Waals surface area contributed by atoms with Crippen LogP contribution in [0.3, 0.4) is 0 Å². The normalized spacial score (nSPS) is 10.0. The van der Waals surface area contributed by atoms with E-state index in [0.717, 1.165) is 11.3 Å². The maximum atomic E-state index is 8.58. The van der Waals surface area contributed by atoms with Crippen molar-refractivity contribution in [1.29, 1.82) is 0 Å².